The number of ketones is 10. The van der Waals surface area contributed by atoms with Crippen molar-refractivity contribution < 1.29 is 47.9 Å². The number of hydrogen-bond acceptors (Lipinski definition) is 11. The highest BCUT2D eigenvalue weighted by atomic mass is 127. The summed E-state index contributed by atoms with van der Waals surface area (Å²) >= 11 is 49.5. The van der Waals surface area contributed by atoms with Crippen LogP contribution in [0.15, 0.2) is 394 Å². The van der Waals surface area contributed by atoms with Crippen LogP contribution >= 0.6 is 115 Å². The van der Waals surface area contributed by atoms with Gasteiger partial charge < -0.3 is 5.73 Å². The van der Waals surface area contributed by atoms with Gasteiger partial charge >= 0.3 is 0 Å². The number of fused-ring (bicyclic) bond motifs is 4. The molecule has 0 amide bonds. The van der Waals surface area contributed by atoms with Crippen LogP contribution in [0.2, 0.25) is 40.2 Å². The average molecular weight is 2140 g/mol. The fraction of sp³-hybridized carbons (Fsp3) is 0.0984. The number of rotatable bonds is 26. The van der Waals surface area contributed by atoms with Crippen molar-refractivity contribution in [1.29, 1.82) is 0 Å². The molecule has 18 aromatic carbocycles. The molecule has 0 radical (unpaired) electrons. The summed E-state index contributed by atoms with van der Waals surface area (Å²) in [5, 5.41) is 13.2. The molecule has 0 saturated carbocycles. The van der Waals surface area contributed by atoms with E-state index in [1.807, 2.05) is 140 Å². The van der Waals surface area contributed by atoms with Gasteiger partial charge in [-0.1, -0.05) is 378 Å². The van der Waals surface area contributed by atoms with Gasteiger partial charge in [-0.3, -0.25) is 47.9 Å². The fourth-order valence-electron chi connectivity index (χ4n) is 15.1. The molecule has 142 heavy (non-hydrogen) atoms. The van der Waals surface area contributed by atoms with E-state index in [0.29, 0.717) is 153 Å². The molecule has 18 rings (SSSR count). The van der Waals surface area contributed by atoms with Crippen LogP contribution in [0.1, 0.15) is 176 Å². The van der Waals surface area contributed by atoms with Crippen molar-refractivity contribution in [3.05, 3.63) is 533 Å². The normalized spacial score (nSPS) is 10.5. The SMILES string of the molecule is CC(=O)c1ccc(C(=O)CCc2ccc3ccccc3c2)cc1.CC(=O)c1ccc(C(=O)Cc2ccc3cc4ccccc4cc3c2)cc1.CC(=O)c1ccc(C(=O)Cc2ccccc2)cc1.Nc1ccc(CC(=O)c2ccc(Cl)cc2Cl)cc1.O=C(CCc1ccc2ccccc2c1)c1ccc(Cl)cc1Cl.O=C(Cc1ccc(I)cc1)c1ccc(Cl)cc1Cl.O=C(Cc1ccccc1)c1ccc(Cl)cc1Cl. The smallest absolute Gasteiger partial charge is 0.168 e. The summed E-state index contributed by atoms with van der Waals surface area (Å²) in [5.41, 5.74) is 19.3. The van der Waals surface area contributed by atoms with Gasteiger partial charge in [0.2, 0.25) is 0 Å². The minimum absolute atomic E-state index is 0.00197. The molecular weight excluding hydrogens is 2050 g/mol. The number of hydrogen-bond donors (Lipinski definition) is 1. The molecular formula is C122H94Cl8INO10. The van der Waals surface area contributed by atoms with Crippen molar-refractivity contribution in [3.8, 4) is 0 Å². The number of nitrogen functional groups attached to an aromatic ring is 1. The van der Waals surface area contributed by atoms with Crippen molar-refractivity contribution in [2.45, 2.75) is 78.6 Å². The number of aryl methyl sites for hydroxylation is 2. The van der Waals surface area contributed by atoms with E-state index < -0.39 is 0 Å². The lowest BCUT2D eigenvalue weighted by molar-refractivity contribution is 0.0974. The Bertz CT molecular complexity index is 7490. The zero-order chi connectivity index (χ0) is 101. The Labute approximate surface area is 879 Å². The second-order valence-electron chi connectivity index (χ2n) is 33.3. The first-order chi connectivity index (χ1) is 68.3. The van der Waals surface area contributed by atoms with E-state index >= 15 is 0 Å². The Morgan fingerprint density at radius 3 is 0.810 bits per heavy atom. The van der Waals surface area contributed by atoms with Gasteiger partial charge in [0.15, 0.2) is 57.8 Å². The number of nitrogens with two attached hydrogens (primary N) is 1. The lowest BCUT2D eigenvalue weighted by Gasteiger charge is -2.06. The van der Waals surface area contributed by atoms with Crippen molar-refractivity contribution in [2.24, 2.45) is 0 Å². The van der Waals surface area contributed by atoms with E-state index in [0.717, 1.165) is 54.3 Å². The first-order valence-corrected chi connectivity index (χ1v) is 49.3. The predicted molar refractivity (Wildman–Crippen MR) is 593 cm³/mol. The minimum Gasteiger partial charge on any atom is -0.399 e. The standard InChI is InChI=1S/C24H18O2.C21H18O2.C19H14Cl2O.C16H14O2.C14H9Cl2IO.C14H11Cl2NO.C14H10Cl2O/c1-16(25)18-8-10-19(11-9-18)24(26)13-17-6-7-22-14-20-4-2-3-5-21(20)15-23(22)12-17;1-15(22)17-9-11-19(12-10-17)21(23)13-7-16-6-8-18-4-2-3-5-20(18)14-16;20-16-8-9-17(18(21)12-16)19(22)10-6-13-5-7-14-3-1-2-4-15(14)11-13;1-12(17)14-7-9-15(10-8-14)16(18)11-13-5-3-2-4-6-13;2*15-10-3-6-12(13(16)8-10)14(18)7-9-1-4-11(17)5-2-9;15-11-6-7-12(13(16)9-11)14(17)8-10-4-2-1-3-5-10/h2-12,14-15H,13H2,1H3;2-6,8-12,14H,7,13H2,1H3;1-5,7-9,11-12H,6,10H2;2-10H,11H2,1H3;1-6,8H,7H2;1-6,8H,7,17H2;1-7,9H,8H2. The van der Waals surface area contributed by atoms with Crippen LogP contribution in [0.5, 0.6) is 0 Å². The molecule has 0 spiro atoms. The maximum Gasteiger partial charge on any atom is 0.168 e. The third-order valence-corrected chi connectivity index (χ3v) is 25.8. The molecule has 0 atom stereocenters. The molecule has 0 aliphatic heterocycles. The summed E-state index contributed by atoms with van der Waals surface area (Å²) in [7, 11) is 0. The molecule has 0 unspecified atom stereocenters. The van der Waals surface area contributed by atoms with E-state index in [2.05, 4.69) is 120 Å². The van der Waals surface area contributed by atoms with E-state index in [9.17, 15) is 47.9 Å². The van der Waals surface area contributed by atoms with Crippen LogP contribution in [-0.2, 0) is 44.9 Å². The molecule has 0 aliphatic carbocycles. The molecule has 18 aromatic rings. The van der Waals surface area contributed by atoms with Crippen LogP contribution < -0.4 is 5.73 Å². The number of Topliss-reactive ketones (excluding diaryl/α,β-unsaturated/α-hetero) is 10. The van der Waals surface area contributed by atoms with Gasteiger partial charge in [0.1, 0.15) is 0 Å². The van der Waals surface area contributed by atoms with Crippen molar-refractivity contribution in [2.75, 3.05) is 5.73 Å². The molecule has 2 N–H and O–H groups in total. The van der Waals surface area contributed by atoms with Crippen LogP contribution in [0.4, 0.5) is 5.69 Å². The third kappa shape index (κ3) is 32.8. The van der Waals surface area contributed by atoms with Crippen LogP contribution in [0.25, 0.3) is 43.1 Å². The maximum atomic E-state index is 12.6. The zero-order valence-electron chi connectivity index (χ0n) is 77.5. The van der Waals surface area contributed by atoms with Gasteiger partial charge in [-0.05, 0) is 247 Å². The van der Waals surface area contributed by atoms with Gasteiger partial charge in [-0.15, -0.1) is 0 Å². The Morgan fingerprint density at radius 1 is 0.211 bits per heavy atom. The number of halogens is 9. The quantitative estimate of drug-likeness (QED) is 0.0234. The summed E-state index contributed by atoms with van der Waals surface area (Å²) < 4.78 is 1.15. The number of anilines is 1. The number of benzene rings is 18. The summed E-state index contributed by atoms with van der Waals surface area (Å²) in [6, 6.07) is 122. The molecule has 0 aliphatic rings. The molecule has 11 nitrogen and oxygen atoms in total. The van der Waals surface area contributed by atoms with Gasteiger partial charge in [-0.2, -0.15) is 0 Å². The number of carbonyl (C=O) groups is 10. The van der Waals surface area contributed by atoms with Gasteiger partial charge in [0.25, 0.3) is 0 Å². The summed E-state index contributed by atoms with van der Waals surface area (Å²) in [5.74, 6) is 0.250. The highest BCUT2D eigenvalue weighted by molar-refractivity contribution is 14.1. The van der Waals surface area contributed by atoms with Crippen LogP contribution in [0, 0.1) is 3.57 Å². The van der Waals surface area contributed by atoms with Gasteiger partial charge in [-0.25, -0.2) is 0 Å². The maximum absolute atomic E-state index is 12.6. The van der Waals surface area contributed by atoms with E-state index in [-0.39, 0.29) is 57.8 Å². The molecule has 20 heteroatoms. The summed E-state index contributed by atoms with van der Waals surface area (Å²) in [4.78, 5) is 119. The summed E-state index contributed by atoms with van der Waals surface area (Å²) in [6.07, 6.45) is 4.04. The molecule has 710 valence electrons. The highest BCUT2D eigenvalue weighted by Crippen LogP contribution is 2.31. The van der Waals surface area contributed by atoms with Gasteiger partial charge in [0.05, 0.1) is 20.1 Å². The first kappa shape index (κ1) is 107. The summed E-state index contributed by atoms with van der Waals surface area (Å²) in [6.45, 7) is 4.56. The number of carbonyl (C=O) groups excluding carboxylic acids is 10. The van der Waals surface area contributed by atoms with Gasteiger partial charge in [0, 0.05) is 130 Å². The zero-order valence-corrected chi connectivity index (χ0v) is 85.7. The molecule has 0 aromatic heterocycles. The van der Waals surface area contributed by atoms with E-state index in [4.69, 9.17) is 98.5 Å². The van der Waals surface area contributed by atoms with Crippen molar-refractivity contribution in [3.63, 3.8) is 0 Å². The minimum atomic E-state index is -0.0403. The van der Waals surface area contributed by atoms with Crippen molar-refractivity contribution >= 4 is 222 Å². The molecule has 0 fully saturated rings. The van der Waals surface area contributed by atoms with Crippen molar-refractivity contribution in [1.82, 2.24) is 0 Å². The second kappa shape index (κ2) is 53.4. The Kier molecular flexibility index (Phi) is 40.4. The Morgan fingerprint density at radius 2 is 0.458 bits per heavy atom. The lowest BCUT2D eigenvalue weighted by Crippen LogP contribution is -2.04. The first-order valence-electron chi connectivity index (χ1n) is 45.2. The Balaban J connectivity index is 0.000000149. The molecule has 0 bridgehead atoms. The monoisotopic (exact) mass is 2140 g/mol. The topological polar surface area (TPSA) is 197 Å². The molecule has 0 heterocycles. The van der Waals surface area contributed by atoms with E-state index in [1.54, 1.807) is 158 Å². The fourth-order valence-corrected chi connectivity index (χ4v) is 17.5. The molecule has 0 saturated heterocycles. The largest absolute Gasteiger partial charge is 0.399 e. The third-order valence-electron chi connectivity index (χ3n) is 22.8. The van der Waals surface area contributed by atoms with Crippen LogP contribution in [0.3, 0.4) is 0 Å². The van der Waals surface area contributed by atoms with Crippen LogP contribution in [-0.4, -0.2) is 57.8 Å². The average Bonchev–Trinajstić information content (AvgIpc) is 0.789. The van der Waals surface area contributed by atoms with E-state index in [1.165, 1.54) is 58.5 Å². The lowest BCUT2D eigenvalue weighted by atomic mass is 9.97. The highest BCUT2D eigenvalue weighted by Gasteiger charge is 2.19. The predicted octanol–water partition coefficient (Wildman–Crippen LogP) is 33.2. The second-order valence-corrected chi connectivity index (χ2v) is 37.9. The Hall–Kier alpha value is -13.5.